The lowest BCUT2D eigenvalue weighted by atomic mass is 10.2. The number of hydrogen-bond acceptors (Lipinski definition) is 4. The molecular formula is C7H11N3S. The van der Waals surface area contributed by atoms with E-state index in [0.29, 0.717) is 6.54 Å². The van der Waals surface area contributed by atoms with E-state index in [2.05, 4.69) is 9.88 Å². The summed E-state index contributed by atoms with van der Waals surface area (Å²) < 4.78 is 0. The second-order valence-corrected chi connectivity index (χ2v) is 3.75. The maximum Gasteiger partial charge on any atom is 0.185 e. The van der Waals surface area contributed by atoms with Crippen LogP contribution >= 0.6 is 11.3 Å². The maximum absolute atomic E-state index is 5.47. The van der Waals surface area contributed by atoms with Crippen LogP contribution in [0.3, 0.4) is 0 Å². The lowest BCUT2D eigenvalue weighted by molar-refractivity contribution is 0.616. The first-order chi connectivity index (χ1) is 5.40. The maximum atomic E-state index is 5.47. The fraction of sp³-hybridized carbons (Fsp3) is 0.571. The SMILES string of the molecule is NCc1cnc(N2CCC2)s1. The molecule has 11 heavy (non-hydrogen) atoms. The van der Waals surface area contributed by atoms with E-state index in [9.17, 15) is 0 Å². The molecule has 0 spiro atoms. The van der Waals surface area contributed by atoms with Gasteiger partial charge in [-0.2, -0.15) is 0 Å². The number of rotatable bonds is 2. The highest BCUT2D eigenvalue weighted by atomic mass is 32.1. The highest BCUT2D eigenvalue weighted by Crippen LogP contribution is 2.25. The normalized spacial score (nSPS) is 16.6. The first-order valence-corrected chi connectivity index (χ1v) is 4.61. The number of aromatic nitrogens is 1. The fourth-order valence-electron chi connectivity index (χ4n) is 1.05. The minimum atomic E-state index is 0.617. The summed E-state index contributed by atoms with van der Waals surface area (Å²) >= 11 is 1.71. The smallest absolute Gasteiger partial charge is 0.185 e. The summed E-state index contributed by atoms with van der Waals surface area (Å²) in [4.78, 5) is 7.73. The standard InChI is InChI=1S/C7H11N3S/c8-4-6-5-9-7(11-6)10-2-1-3-10/h5H,1-4,8H2. The van der Waals surface area contributed by atoms with Crippen LogP contribution in [0.1, 0.15) is 11.3 Å². The Labute approximate surface area is 69.8 Å². The molecule has 0 saturated carbocycles. The minimum Gasteiger partial charge on any atom is -0.348 e. The first kappa shape index (κ1) is 7.06. The van der Waals surface area contributed by atoms with Gasteiger partial charge in [0.2, 0.25) is 0 Å². The van der Waals surface area contributed by atoms with Crippen molar-refractivity contribution in [3.63, 3.8) is 0 Å². The molecule has 0 aliphatic carbocycles. The number of anilines is 1. The molecule has 1 aromatic heterocycles. The van der Waals surface area contributed by atoms with Crippen molar-refractivity contribution in [2.75, 3.05) is 18.0 Å². The van der Waals surface area contributed by atoms with E-state index in [4.69, 9.17) is 5.73 Å². The summed E-state index contributed by atoms with van der Waals surface area (Å²) in [5.74, 6) is 0. The molecule has 0 radical (unpaired) electrons. The van der Waals surface area contributed by atoms with Crippen LogP contribution in [0, 0.1) is 0 Å². The van der Waals surface area contributed by atoms with E-state index in [1.54, 1.807) is 11.3 Å². The number of nitrogens with zero attached hydrogens (tertiary/aromatic N) is 2. The molecule has 1 fully saturated rings. The zero-order valence-electron chi connectivity index (χ0n) is 6.29. The third-order valence-corrected chi connectivity index (χ3v) is 2.95. The molecule has 0 unspecified atom stereocenters. The predicted octanol–water partition coefficient (Wildman–Crippen LogP) is 0.812. The van der Waals surface area contributed by atoms with Gasteiger partial charge in [-0.3, -0.25) is 0 Å². The molecule has 0 bridgehead atoms. The van der Waals surface area contributed by atoms with Crippen molar-refractivity contribution < 1.29 is 0 Å². The van der Waals surface area contributed by atoms with Crippen LogP contribution in [0.4, 0.5) is 5.13 Å². The van der Waals surface area contributed by atoms with E-state index >= 15 is 0 Å². The molecule has 0 atom stereocenters. The Morgan fingerprint density at radius 2 is 2.45 bits per heavy atom. The summed E-state index contributed by atoms with van der Waals surface area (Å²) in [7, 11) is 0. The molecular weight excluding hydrogens is 158 g/mol. The van der Waals surface area contributed by atoms with E-state index < -0.39 is 0 Å². The second-order valence-electron chi connectivity index (χ2n) is 2.65. The van der Waals surface area contributed by atoms with Crippen molar-refractivity contribution >= 4 is 16.5 Å². The highest BCUT2D eigenvalue weighted by molar-refractivity contribution is 7.15. The lowest BCUT2D eigenvalue weighted by Gasteiger charge is -2.30. The Morgan fingerprint density at radius 1 is 1.64 bits per heavy atom. The molecule has 4 heteroatoms. The molecule has 1 aliphatic heterocycles. The molecule has 0 aromatic carbocycles. The van der Waals surface area contributed by atoms with Gasteiger partial charge in [0, 0.05) is 30.7 Å². The zero-order valence-corrected chi connectivity index (χ0v) is 7.10. The third kappa shape index (κ3) is 1.23. The van der Waals surface area contributed by atoms with Gasteiger partial charge in [0.25, 0.3) is 0 Å². The first-order valence-electron chi connectivity index (χ1n) is 3.80. The van der Waals surface area contributed by atoms with Gasteiger partial charge in [-0.1, -0.05) is 0 Å². The molecule has 1 saturated heterocycles. The Morgan fingerprint density at radius 3 is 2.91 bits per heavy atom. The Kier molecular flexibility index (Phi) is 1.79. The molecule has 1 aromatic rings. The Balaban J connectivity index is 2.11. The topological polar surface area (TPSA) is 42.1 Å². The van der Waals surface area contributed by atoms with Crippen molar-refractivity contribution in [2.45, 2.75) is 13.0 Å². The van der Waals surface area contributed by atoms with E-state index in [0.717, 1.165) is 18.2 Å². The molecule has 1 aliphatic rings. The molecule has 3 nitrogen and oxygen atoms in total. The summed E-state index contributed by atoms with van der Waals surface area (Å²) in [6.07, 6.45) is 3.18. The van der Waals surface area contributed by atoms with Gasteiger partial charge in [-0.15, -0.1) is 11.3 Å². The number of hydrogen-bond donors (Lipinski definition) is 1. The van der Waals surface area contributed by atoms with Crippen molar-refractivity contribution in [2.24, 2.45) is 5.73 Å². The van der Waals surface area contributed by atoms with Gasteiger partial charge >= 0.3 is 0 Å². The summed E-state index contributed by atoms with van der Waals surface area (Å²) in [5.41, 5.74) is 5.47. The van der Waals surface area contributed by atoms with Crippen molar-refractivity contribution in [3.05, 3.63) is 11.1 Å². The van der Waals surface area contributed by atoms with Crippen LogP contribution in [-0.4, -0.2) is 18.1 Å². The van der Waals surface area contributed by atoms with Gasteiger partial charge in [0.15, 0.2) is 5.13 Å². The summed E-state index contributed by atoms with van der Waals surface area (Å²) in [5, 5.41) is 1.14. The van der Waals surface area contributed by atoms with Crippen LogP contribution in [0.15, 0.2) is 6.20 Å². The Bertz CT molecular complexity index is 242. The minimum absolute atomic E-state index is 0.617. The Hall–Kier alpha value is -0.610. The van der Waals surface area contributed by atoms with Crippen LogP contribution in [0.5, 0.6) is 0 Å². The van der Waals surface area contributed by atoms with Gasteiger partial charge in [0.1, 0.15) is 0 Å². The van der Waals surface area contributed by atoms with Gasteiger partial charge in [-0.25, -0.2) is 4.98 Å². The van der Waals surface area contributed by atoms with Gasteiger partial charge < -0.3 is 10.6 Å². The van der Waals surface area contributed by atoms with Crippen molar-refractivity contribution in [1.29, 1.82) is 0 Å². The van der Waals surface area contributed by atoms with Gasteiger partial charge in [0.05, 0.1) is 0 Å². The van der Waals surface area contributed by atoms with Crippen LogP contribution in [0.2, 0.25) is 0 Å². The number of nitrogens with two attached hydrogens (primary N) is 1. The molecule has 2 N–H and O–H groups in total. The summed E-state index contributed by atoms with van der Waals surface area (Å²) in [6, 6.07) is 0. The second kappa shape index (κ2) is 2.79. The van der Waals surface area contributed by atoms with E-state index in [1.165, 1.54) is 11.3 Å². The van der Waals surface area contributed by atoms with Crippen LogP contribution < -0.4 is 10.6 Å². The van der Waals surface area contributed by atoms with Crippen LogP contribution in [0.25, 0.3) is 0 Å². The average molecular weight is 169 g/mol. The number of thiazole rings is 1. The van der Waals surface area contributed by atoms with Crippen molar-refractivity contribution in [1.82, 2.24) is 4.98 Å². The highest BCUT2D eigenvalue weighted by Gasteiger charge is 2.16. The van der Waals surface area contributed by atoms with E-state index in [-0.39, 0.29) is 0 Å². The lowest BCUT2D eigenvalue weighted by Crippen LogP contribution is -2.36. The van der Waals surface area contributed by atoms with Gasteiger partial charge in [-0.05, 0) is 6.42 Å². The van der Waals surface area contributed by atoms with E-state index in [1.807, 2.05) is 6.20 Å². The predicted molar refractivity (Wildman–Crippen MR) is 46.8 cm³/mol. The fourth-order valence-corrected chi connectivity index (χ4v) is 1.89. The molecule has 2 rings (SSSR count). The average Bonchev–Trinajstić information content (AvgIpc) is 2.32. The summed E-state index contributed by atoms with van der Waals surface area (Å²) in [6.45, 7) is 2.94. The molecule has 0 amide bonds. The van der Waals surface area contributed by atoms with Crippen LogP contribution in [-0.2, 0) is 6.54 Å². The third-order valence-electron chi connectivity index (χ3n) is 1.87. The largest absolute Gasteiger partial charge is 0.348 e. The molecule has 2 heterocycles. The monoisotopic (exact) mass is 169 g/mol. The zero-order chi connectivity index (χ0) is 7.68. The quantitative estimate of drug-likeness (QED) is 0.712. The molecule has 60 valence electrons. The van der Waals surface area contributed by atoms with Crippen molar-refractivity contribution in [3.8, 4) is 0 Å².